The maximum atomic E-state index is 12.6. The van der Waals surface area contributed by atoms with Gasteiger partial charge in [-0.1, -0.05) is 19.9 Å². The van der Waals surface area contributed by atoms with E-state index in [0.29, 0.717) is 17.8 Å². The minimum atomic E-state index is -3.03. The second-order valence-corrected chi connectivity index (χ2v) is 8.50. The van der Waals surface area contributed by atoms with Gasteiger partial charge in [-0.15, -0.1) is 0 Å². The topological polar surface area (TPSA) is 94.0 Å². The van der Waals surface area contributed by atoms with Crippen LogP contribution < -0.4 is 5.32 Å². The molecule has 24 heavy (non-hydrogen) atoms. The highest BCUT2D eigenvalue weighted by molar-refractivity contribution is 7.91. The SMILES string of the molecule is CC(C)c1c(C(=O)N[C@@H]2CCS(=O)(=O)C2)cnn1-c1ccccn1. The summed E-state index contributed by atoms with van der Waals surface area (Å²) in [5, 5.41) is 7.13. The van der Waals surface area contributed by atoms with Crippen LogP contribution in [0, 0.1) is 0 Å². The zero-order chi connectivity index (χ0) is 17.3. The lowest BCUT2D eigenvalue weighted by Crippen LogP contribution is -2.36. The summed E-state index contributed by atoms with van der Waals surface area (Å²) in [5.41, 5.74) is 1.21. The van der Waals surface area contributed by atoms with Crippen molar-refractivity contribution in [2.45, 2.75) is 32.2 Å². The van der Waals surface area contributed by atoms with Gasteiger partial charge in [0.05, 0.1) is 29.0 Å². The van der Waals surface area contributed by atoms with E-state index in [1.54, 1.807) is 10.9 Å². The lowest BCUT2D eigenvalue weighted by Gasteiger charge is -2.14. The highest BCUT2D eigenvalue weighted by atomic mass is 32.2. The molecule has 0 unspecified atom stereocenters. The molecule has 0 aromatic carbocycles. The molecule has 0 aliphatic carbocycles. The molecule has 0 spiro atoms. The van der Waals surface area contributed by atoms with Crippen molar-refractivity contribution in [1.29, 1.82) is 0 Å². The van der Waals surface area contributed by atoms with Gasteiger partial charge in [0.25, 0.3) is 5.91 Å². The summed E-state index contributed by atoms with van der Waals surface area (Å²) in [7, 11) is -3.03. The van der Waals surface area contributed by atoms with Crippen molar-refractivity contribution in [3.63, 3.8) is 0 Å². The predicted octanol–water partition coefficient (Wildman–Crippen LogP) is 1.31. The zero-order valence-electron chi connectivity index (χ0n) is 13.6. The Morgan fingerprint density at radius 3 is 2.75 bits per heavy atom. The monoisotopic (exact) mass is 348 g/mol. The molecule has 1 aliphatic heterocycles. The number of aromatic nitrogens is 3. The third-order valence-electron chi connectivity index (χ3n) is 4.03. The summed E-state index contributed by atoms with van der Waals surface area (Å²) >= 11 is 0. The number of nitrogens with zero attached hydrogens (tertiary/aromatic N) is 3. The molecule has 1 saturated heterocycles. The normalized spacial score (nSPS) is 19.5. The number of pyridine rings is 1. The van der Waals surface area contributed by atoms with E-state index in [0.717, 1.165) is 5.69 Å². The summed E-state index contributed by atoms with van der Waals surface area (Å²) in [6.07, 6.45) is 3.65. The van der Waals surface area contributed by atoms with E-state index >= 15 is 0 Å². The number of carbonyl (C=O) groups is 1. The fourth-order valence-corrected chi connectivity index (χ4v) is 4.60. The van der Waals surface area contributed by atoms with Crippen molar-refractivity contribution >= 4 is 15.7 Å². The third kappa shape index (κ3) is 3.33. The Morgan fingerprint density at radius 1 is 1.38 bits per heavy atom. The van der Waals surface area contributed by atoms with Crippen molar-refractivity contribution < 1.29 is 13.2 Å². The van der Waals surface area contributed by atoms with Crippen LogP contribution in [0.25, 0.3) is 5.82 Å². The Hall–Kier alpha value is -2.22. The van der Waals surface area contributed by atoms with Gasteiger partial charge >= 0.3 is 0 Å². The number of rotatable bonds is 4. The van der Waals surface area contributed by atoms with Crippen molar-refractivity contribution in [2.75, 3.05) is 11.5 Å². The fraction of sp³-hybridized carbons (Fsp3) is 0.438. The second-order valence-electron chi connectivity index (χ2n) is 6.27. The van der Waals surface area contributed by atoms with Crippen molar-refractivity contribution in [1.82, 2.24) is 20.1 Å². The molecule has 0 saturated carbocycles. The predicted molar refractivity (Wildman–Crippen MR) is 90.0 cm³/mol. The van der Waals surface area contributed by atoms with Crippen LogP contribution in [0.4, 0.5) is 0 Å². The van der Waals surface area contributed by atoms with Gasteiger partial charge in [-0.2, -0.15) is 5.10 Å². The first-order chi connectivity index (χ1) is 11.4. The van der Waals surface area contributed by atoms with Crippen LogP contribution in [0.15, 0.2) is 30.6 Å². The molecule has 2 aromatic rings. The van der Waals surface area contributed by atoms with Gasteiger partial charge in [-0.25, -0.2) is 18.1 Å². The van der Waals surface area contributed by atoms with Crippen LogP contribution in [0.1, 0.15) is 42.2 Å². The molecule has 2 aromatic heterocycles. The van der Waals surface area contributed by atoms with Gasteiger partial charge in [-0.05, 0) is 24.5 Å². The standard InChI is InChI=1S/C16H20N4O3S/c1-11(2)15-13(9-18-20(15)14-5-3-4-7-17-14)16(21)19-12-6-8-24(22,23)10-12/h3-5,7,9,11-12H,6,8,10H2,1-2H3,(H,19,21)/t12-/m1/s1. The molecule has 7 nitrogen and oxygen atoms in total. The van der Waals surface area contributed by atoms with Gasteiger partial charge in [0.2, 0.25) is 0 Å². The third-order valence-corrected chi connectivity index (χ3v) is 5.80. The van der Waals surface area contributed by atoms with E-state index in [2.05, 4.69) is 15.4 Å². The smallest absolute Gasteiger partial charge is 0.255 e. The molecule has 1 atom stereocenters. The Bertz CT molecular complexity index is 843. The van der Waals surface area contributed by atoms with Gasteiger partial charge in [-0.3, -0.25) is 4.79 Å². The Morgan fingerprint density at radius 2 is 2.17 bits per heavy atom. The average Bonchev–Trinajstić information content (AvgIpc) is 3.11. The summed E-state index contributed by atoms with van der Waals surface area (Å²) < 4.78 is 24.8. The summed E-state index contributed by atoms with van der Waals surface area (Å²) in [4.78, 5) is 16.9. The highest BCUT2D eigenvalue weighted by Crippen LogP contribution is 2.23. The molecule has 1 amide bonds. The summed E-state index contributed by atoms with van der Waals surface area (Å²) in [6, 6.07) is 5.16. The fourth-order valence-electron chi connectivity index (χ4n) is 2.92. The highest BCUT2D eigenvalue weighted by Gasteiger charge is 2.30. The van der Waals surface area contributed by atoms with Gasteiger partial charge in [0, 0.05) is 12.2 Å². The van der Waals surface area contributed by atoms with Crippen LogP contribution >= 0.6 is 0 Å². The maximum Gasteiger partial charge on any atom is 0.255 e. The first-order valence-electron chi connectivity index (χ1n) is 7.88. The lowest BCUT2D eigenvalue weighted by atomic mass is 10.0. The van der Waals surface area contributed by atoms with Crippen LogP contribution in [0.5, 0.6) is 0 Å². The van der Waals surface area contributed by atoms with Crippen molar-refractivity contribution in [2.24, 2.45) is 0 Å². The molecule has 0 radical (unpaired) electrons. The minimum Gasteiger partial charge on any atom is -0.348 e. The molecule has 3 heterocycles. The molecule has 1 N–H and O–H groups in total. The van der Waals surface area contributed by atoms with Gasteiger partial charge in [0.15, 0.2) is 15.7 Å². The number of hydrogen-bond donors (Lipinski definition) is 1. The van der Waals surface area contributed by atoms with E-state index in [9.17, 15) is 13.2 Å². The lowest BCUT2D eigenvalue weighted by molar-refractivity contribution is 0.0939. The van der Waals surface area contributed by atoms with Gasteiger partial charge < -0.3 is 5.32 Å². The Balaban J connectivity index is 1.88. The van der Waals surface area contributed by atoms with Gasteiger partial charge in [0.1, 0.15) is 0 Å². The molecule has 1 aliphatic rings. The van der Waals surface area contributed by atoms with Crippen LogP contribution in [0.3, 0.4) is 0 Å². The van der Waals surface area contributed by atoms with E-state index in [1.165, 1.54) is 6.20 Å². The van der Waals surface area contributed by atoms with Crippen molar-refractivity contribution in [3.05, 3.63) is 41.9 Å². The first kappa shape index (κ1) is 16.6. The summed E-state index contributed by atoms with van der Waals surface area (Å²) in [5.74, 6) is 0.543. The molecule has 8 heteroatoms. The molecule has 128 valence electrons. The van der Waals surface area contributed by atoms with E-state index in [-0.39, 0.29) is 29.4 Å². The van der Waals surface area contributed by atoms with Crippen LogP contribution in [-0.4, -0.2) is 46.6 Å². The second kappa shape index (κ2) is 6.35. The molecule has 3 rings (SSSR count). The minimum absolute atomic E-state index is 0.00410. The maximum absolute atomic E-state index is 12.6. The van der Waals surface area contributed by atoms with Crippen molar-refractivity contribution in [3.8, 4) is 5.82 Å². The Kier molecular flexibility index (Phi) is 4.40. The number of hydrogen-bond acceptors (Lipinski definition) is 5. The molecular formula is C16H20N4O3S. The largest absolute Gasteiger partial charge is 0.348 e. The molecule has 0 bridgehead atoms. The summed E-state index contributed by atoms with van der Waals surface area (Å²) in [6.45, 7) is 3.96. The Labute approximate surface area is 141 Å². The number of carbonyl (C=O) groups excluding carboxylic acids is 1. The first-order valence-corrected chi connectivity index (χ1v) is 9.70. The van der Waals surface area contributed by atoms with E-state index in [1.807, 2.05) is 32.0 Å². The zero-order valence-corrected chi connectivity index (χ0v) is 14.5. The molecule has 1 fully saturated rings. The number of amides is 1. The van der Waals surface area contributed by atoms with Crippen LogP contribution in [0.2, 0.25) is 0 Å². The van der Waals surface area contributed by atoms with E-state index < -0.39 is 9.84 Å². The molecular weight excluding hydrogens is 328 g/mol. The number of nitrogens with one attached hydrogen (secondary N) is 1. The number of sulfone groups is 1. The quantitative estimate of drug-likeness (QED) is 0.899. The van der Waals surface area contributed by atoms with Crippen LogP contribution in [-0.2, 0) is 9.84 Å². The van der Waals surface area contributed by atoms with E-state index in [4.69, 9.17) is 0 Å². The average molecular weight is 348 g/mol.